The number of carboxylic acid groups (broad SMARTS) is 1. The molecule has 2 aromatic carbocycles. The van der Waals surface area contributed by atoms with Crippen LogP contribution in [-0.2, 0) is 21.3 Å². The van der Waals surface area contributed by atoms with Crippen LogP contribution in [0.15, 0.2) is 36.4 Å². The number of hydrogen-bond acceptors (Lipinski definition) is 4. The fourth-order valence-electron chi connectivity index (χ4n) is 2.90. The Hall–Kier alpha value is -1.96. The number of hydrogen-bond donors (Lipinski definition) is 2. The first kappa shape index (κ1) is 16.9. The summed E-state index contributed by atoms with van der Waals surface area (Å²) in [6.45, 7) is 1.23. The molecule has 0 aliphatic carbocycles. The minimum atomic E-state index is -3.40. The Morgan fingerprint density at radius 2 is 2.12 bits per heavy atom. The SMILES string of the molecule is O=C(O)c1ccc2cccc(CNS(=O)(=O)CC3CCOC3)c2c1. The summed E-state index contributed by atoms with van der Waals surface area (Å²) in [6, 6.07) is 10.3. The molecule has 1 unspecified atom stereocenters. The van der Waals surface area contributed by atoms with Crippen molar-refractivity contribution in [3.8, 4) is 0 Å². The Morgan fingerprint density at radius 3 is 2.83 bits per heavy atom. The van der Waals surface area contributed by atoms with Gasteiger partial charge in [0.25, 0.3) is 0 Å². The molecule has 1 aliphatic heterocycles. The van der Waals surface area contributed by atoms with Crippen LogP contribution in [0.25, 0.3) is 10.8 Å². The van der Waals surface area contributed by atoms with Crippen LogP contribution in [0.5, 0.6) is 0 Å². The van der Waals surface area contributed by atoms with Crippen LogP contribution in [-0.4, -0.2) is 38.5 Å². The predicted molar refractivity (Wildman–Crippen MR) is 90.5 cm³/mol. The molecule has 1 saturated heterocycles. The molecule has 0 spiro atoms. The molecule has 1 heterocycles. The summed E-state index contributed by atoms with van der Waals surface area (Å²) < 4.78 is 32.2. The molecular formula is C17H19NO5S. The zero-order valence-corrected chi connectivity index (χ0v) is 13.9. The molecule has 0 aromatic heterocycles. The first-order valence-corrected chi connectivity index (χ1v) is 9.40. The Morgan fingerprint density at radius 1 is 1.29 bits per heavy atom. The normalized spacial score (nSPS) is 18.1. The fraction of sp³-hybridized carbons (Fsp3) is 0.353. The number of rotatable bonds is 6. The van der Waals surface area contributed by atoms with Crippen molar-refractivity contribution < 1.29 is 23.1 Å². The molecule has 2 N–H and O–H groups in total. The highest BCUT2D eigenvalue weighted by molar-refractivity contribution is 7.89. The third-order valence-electron chi connectivity index (χ3n) is 4.18. The minimum Gasteiger partial charge on any atom is -0.478 e. The van der Waals surface area contributed by atoms with Crippen molar-refractivity contribution in [2.45, 2.75) is 13.0 Å². The van der Waals surface area contributed by atoms with Crippen LogP contribution in [0.4, 0.5) is 0 Å². The van der Waals surface area contributed by atoms with Crippen molar-refractivity contribution in [1.82, 2.24) is 4.72 Å². The monoisotopic (exact) mass is 349 g/mol. The predicted octanol–water partition coefficient (Wildman–Crippen LogP) is 1.99. The van der Waals surface area contributed by atoms with E-state index in [4.69, 9.17) is 9.84 Å². The second-order valence-electron chi connectivity index (χ2n) is 5.99. The van der Waals surface area contributed by atoms with Crippen molar-refractivity contribution in [2.24, 2.45) is 5.92 Å². The van der Waals surface area contributed by atoms with Crippen molar-refractivity contribution in [3.63, 3.8) is 0 Å². The van der Waals surface area contributed by atoms with Gasteiger partial charge in [0.1, 0.15) is 0 Å². The van der Waals surface area contributed by atoms with Gasteiger partial charge in [-0.15, -0.1) is 0 Å². The van der Waals surface area contributed by atoms with Gasteiger partial charge in [0, 0.05) is 13.2 Å². The zero-order valence-electron chi connectivity index (χ0n) is 13.1. The van der Waals surface area contributed by atoms with Gasteiger partial charge in [-0.25, -0.2) is 17.9 Å². The standard InChI is InChI=1S/C17H19NO5S/c19-17(20)14-5-4-13-2-1-3-15(16(13)8-14)9-18-24(21,22)11-12-6-7-23-10-12/h1-5,8,12,18H,6-7,9-11H2,(H,19,20). The lowest BCUT2D eigenvalue weighted by Crippen LogP contribution is -2.29. The molecule has 1 atom stereocenters. The third kappa shape index (κ3) is 3.92. The van der Waals surface area contributed by atoms with Crippen LogP contribution < -0.4 is 4.72 Å². The summed E-state index contributed by atoms with van der Waals surface area (Å²) in [6.07, 6.45) is 0.761. The first-order chi connectivity index (χ1) is 11.4. The second kappa shape index (κ2) is 6.88. The summed E-state index contributed by atoms with van der Waals surface area (Å²) >= 11 is 0. The van der Waals surface area contributed by atoms with Gasteiger partial charge in [-0.3, -0.25) is 0 Å². The lowest BCUT2D eigenvalue weighted by atomic mass is 10.0. The second-order valence-corrected chi connectivity index (χ2v) is 7.84. The number of fused-ring (bicyclic) bond motifs is 1. The topological polar surface area (TPSA) is 92.7 Å². The number of sulfonamides is 1. The van der Waals surface area contributed by atoms with E-state index in [0.717, 1.165) is 22.8 Å². The molecule has 6 nitrogen and oxygen atoms in total. The van der Waals surface area contributed by atoms with Crippen LogP contribution in [0.1, 0.15) is 22.3 Å². The van der Waals surface area contributed by atoms with Gasteiger partial charge in [-0.2, -0.15) is 0 Å². The quantitative estimate of drug-likeness (QED) is 0.832. The highest BCUT2D eigenvalue weighted by atomic mass is 32.2. The number of carbonyl (C=O) groups is 1. The van der Waals surface area contributed by atoms with E-state index in [1.807, 2.05) is 12.1 Å². The largest absolute Gasteiger partial charge is 0.478 e. The lowest BCUT2D eigenvalue weighted by Gasteiger charge is -2.12. The maximum Gasteiger partial charge on any atom is 0.335 e. The van der Waals surface area contributed by atoms with Gasteiger partial charge in [0.05, 0.1) is 17.9 Å². The molecule has 0 radical (unpaired) electrons. The van der Waals surface area contributed by atoms with Crippen molar-refractivity contribution in [2.75, 3.05) is 19.0 Å². The molecule has 0 amide bonds. The summed E-state index contributed by atoms with van der Waals surface area (Å²) in [7, 11) is -3.40. The molecule has 1 aliphatic rings. The summed E-state index contributed by atoms with van der Waals surface area (Å²) in [5.41, 5.74) is 0.933. The minimum absolute atomic E-state index is 0.0358. The summed E-state index contributed by atoms with van der Waals surface area (Å²) in [5, 5.41) is 10.7. The first-order valence-electron chi connectivity index (χ1n) is 7.75. The summed E-state index contributed by atoms with van der Waals surface area (Å²) in [4.78, 5) is 11.1. The Bertz CT molecular complexity index is 856. The average molecular weight is 349 g/mol. The van der Waals surface area contributed by atoms with Gasteiger partial charge in [0.2, 0.25) is 10.0 Å². The molecule has 7 heteroatoms. The van der Waals surface area contributed by atoms with Gasteiger partial charge < -0.3 is 9.84 Å². The summed E-state index contributed by atoms with van der Waals surface area (Å²) in [5.74, 6) is -0.917. The van der Waals surface area contributed by atoms with Gasteiger partial charge in [-0.05, 0) is 40.8 Å². The Balaban J connectivity index is 1.79. The Kier molecular flexibility index (Phi) is 4.84. The molecule has 128 valence electrons. The van der Waals surface area contributed by atoms with E-state index in [0.29, 0.717) is 13.2 Å². The average Bonchev–Trinajstić information content (AvgIpc) is 3.04. The number of benzene rings is 2. The number of aromatic carboxylic acids is 1. The molecule has 0 saturated carbocycles. The van der Waals surface area contributed by atoms with E-state index in [-0.39, 0.29) is 23.8 Å². The molecule has 0 bridgehead atoms. The molecular weight excluding hydrogens is 330 g/mol. The molecule has 2 aromatic rings. The van der Waals surface area contributed by atoms with Gasteiger partial charge in [-0.1, -0.05) is 24.3 Å². The van der Waals surface area contributed by atoms with Crippen LogP contribution in [0.2, 0.25) is 0 Å². The highest BCUT2D eigenvalue weighted by Gasteiger charge is 2.23. The van der Waals surface area contributed by atoms with Crippen molar-refractivity contribution in [1.29, 1.82) is 0 Å². The third-order valence-corrected chi connectivity index (χ3v) is 5.68. The van der Waals surface area contributed by atoms with Gasteiger partial charge >= 0.3 is 5.97 Å². The smallest absolute Gasteiger partial charge is 0.335 e. The van der Waals surface area contributed by atoms with Crippen molar-refractivity contribution in [3.05, 3.63) is 47.5 Å². The van der Waals surface area contributed by atoms with E-state index >= 15 is 0 Å². The van der Waals surface area contributed by atoms with E-state index in [9.17, 15) is 13.2 Å². The van der Waals surface area contributed by atoms with Crippen LogP contribution in [0.3, 0.4) is 0 Å². The van der Waals surface area contributed by atoms with Gasteiger partial charge in [0.15, 0.2) is 0 Å². The maximum atomic E-state index is 12.2. The Labute approximate surface area is 140 Å². The fourth-order valence-corrected chi connectivity index (χ4v) is 4.27. The van der Waals surface area contributed by atoms with Crippen LogP contribution in [0, 0.1) is 5.92 Å². The lowest BCUT2D eigenvalue weighted by molar-refractivity contribution is 0.0697. The van der Waals surface area contributed by atoms with Crippen molar-refractivity contribution >= 4 is 26.8 Å². The van der Waals surface area contributed by atoms with E-state index in [1.54, 1.807) is 24.3 Å². The van der Waals surface area contributed by atoms with Crippen LogP contribution >= 0.6 is 0 Å². The zero-order chi connectivity index (χ0) is 17.2. The molecule has 3 rings (SSSR count). The van der Waals surface area contributed by atoms with E-state index in [1.165, 1.54) is 0 Å². The maximum absolute atomic E-state index is 12.2. The van der Waals surface area contributed by atoms with E-state index < -0.39 is 16.0 Å². The number of carboxylic acids is 1. The number of ether oxygens (including phenoxy) is 1. The molecule has 1 fully saturated rings. The molecule has 24 heavy (non-hydrogen) atoms. The van der Waals surface area contributed by atoms with E-state index in [2.05, 4.69) is 4.72 Å². The highest BCUT2D eigenvalue weighted by Crippen LogP contribution is 2.21. The number of nitrogens with one attached hydrogen (secondary N) is 1.